The summed E-state index contributed by atoms with van der Waals surface area (Å²) in [6, 6.07) is 3.18. The highest BCUT2D eigenvalue weighted by Gasteiger charge is 2.12. The fourth-order valence-electron chi connectivity index (χ4n) is 1.21. The first-order valence-electron chi connectivity index (χ1n) is 3.92. The SMILES string of the molecule is O=C1C=C(c2ccc(F)cc2F)C=N1. The van der Waals surface area contributed by atoms with E-state index in [4.69, 9.17) is 0 Å². The topological polar surface area (TPSA) is 29.4 Å². The van der Waals surface area contributed by atoms with Crippen LogP contribution in [0, 0.1) is 11.6 Å². The van der Waals surface area contributed by atoms with Gasteiger partial charge in [-0.25, -0.2) is 13.8 Å². The van der Waals surface area contributed by atoms with Gasteiger partial charge in [-0.05, 0) is 12.1 Å². The van der Waals surface area contributed by atoms with Crippen LogP contribution in [0.3, 0.4) is 0 Å². The minimum Gasteiger partial charge on any atom is -0.267 e. The molecule has 0 bridgehead atoms. The van der Waals surface area contributed by atoms with E-state index in [2.05, 4.69) is 4.99 Å². The Morgan fingerprint density at radius 3 is 2.57 bits per heavy atom. The lowest BCUT2D eigenvalue weighted by atomic mass is 10.1. The van der Waals surface area contributed by atoms with Gasteiger partial charge in [0.25, 0.3) is 5.91 Å². The van der Waals surface area contributed by atoms with Gasteiger partial charge in [-0.2, -0.15) is 0 Å². The second-order valence-corrected chi connectivity index (χ2v) is 2.82. The van der Waals surface area contributed by atoms with Crippen LogP contribution in [0.15, 0.2) is 29.3 Å². The summed E-state index contributed by atoms with van der Waals surface area (Å²) in [5.74, 6) is -1.77. The van der Waals surface area contributed by atoms with Crippen molar-refractivity contribution in [2.45, 2.75) is 0 Å². The highest BCUT2D eigenvalue weighted by Crippen LogP contribution is 2.20. The highest BCUT2D eigenvalue weighted by atomic mass is 19.1. The van der Waals surface area contributed by atoms with Gasteiger partial charge < -0.3 is 0 Å². The third-order valence-corrected chi connectivity index (χ3v) is 1.85. The minimum absolute atomic E-state index is 0.181. The molecule has 0 saturated carbocycles. The molecule has 1 aliphatic rings. The third kappa shape index (κ3) is 1.46. The molecule has 0 fully saturated rings. The number of hydrogen-bond donors (Lipinski definition) is 0. The maximum atomic E-state index is 13.2. The summed E-state index contributed by atoms with van der Waals surface area (Å²) in [7, 11) is 0. The minimum atomic E-state index is -0.697. The van der Waals surface area contributed by atoms with E-state index in [1.807, 2.05) is 0 Å². The van der Waals surface area contributed by atoms with Crippen molar-refractivity contribution >= 4 is 17.7 Å². The highest BCUT2D eigenvalue weighted by molar-refractivity contribution is 6.24. The van der Waals surface area contributed by atoms with Gasteiger partial charge in [-0.15, -0.1) is 0 Å². The molecule has 1 aromatic rings. The van der Waals surface area contributed by atoms with Crippen LogP contribution >= 0.6 is 0 Å². The molecule has 0 atom stereocenters. The van der Waals surface area contributed by atoms with Crippen molar-refractivity contribution in [3.05, 3.63) is 41.5 Å². The van der Waals surface area contributed by atoms with E-state index in [-0.39, 0.29) is 5.56 Å². The van der Waals surface area contributed by atoms with Gasteiger partial charge in [-0.3, -0.25) is 4.79 Å². The van der Waals surface area contributed by atoms with Crippen molar-refractivity contribution in [2.24, 2.45) is 4.99 Å². The number of carbonyl (C=O) groups is 1. The Bertz CT molecular complexity index is 463. The number of aliphatic imine (C=N–C) groups is 1. The van der Waals surface area contributed by atoms with Crippen LogP contribution in [0.4, 0.5) is 8.78 Å². The second-order valence-electron chi connectivity index (χ2n) is 2.82. The van der Waals surface area contributed by atoms with Crippen molar-refractivity contribution in [1.29, 1.82) is 0 Å². The molecule has 0 radical (unpaired) electrons. The van der Waals surface area contributed by atoms with E-state index < -0.39 is 17.5 Å². The molecule has 0 N–H and O–H groups in total. The lowest BCUT2D eigenvalue weighted by Gasteiger charge is -2.00. The Kier molecular flexibility index (Phi) is 1.96. The normalized spacial score (nSPS) is 14.7. The molecule has 70 valence electrons. The lowest BCUT2D eigenvalue weighted by molar-refractivity contribution is -0.113. The number of hydrogen-bond acceptors (Lipinski definition) is 1. The Morgan fingerprint density at radius 1 is 1.21 bits per heavy atom. The molecule has 4 heteroatoms. The second kappa shape index (κ2) is 3.14. The predicted octanol–water partition coefficient (Wildman–Crippen LogP) is 1.96. The summed E-state index contributed by atoms with van der Waals surface area (Å²) in [5.41, 5.74) is 0.550. The number of allylic oxidation sites excluding steroid dienone is 1. The summed E-state index contributed by atoms with van der Waals surface area (Å²) in [6.07, 6.45) is 2.47. The first-order valence-corrected chi connectivity index (χ1v) is 3.92. The van der Waals surface area contributed by atoms with Crippen LogP contribution in [0.1, 0.15) is 5.56 Å². The van der Waals surface area contributed by atoms with Gasteiger partial charge in [0.1, 0.15) is 11.6 Å². The summed E-state index contributed by atoms with van der Waals surface area (Å²) in [4.78, 5) is 14.2. The predicted molar refractivity (Wildman–Crippen MR) is 47.8 cm³/mol. The molecule has 0 unspecified atom stereocenters. The quantitative estimate of drug-likeness (QED) is 0.670. The van der Waals surface area contributed by atoms with Crippen molar-refractivity contribution < 1.29 is 13.6 Å². The zero-order valence-electron chi connectivity index (χ0n) is 7.00. The molecule has 2 nitrogen and oxygen atoms in total. The van der Waals surface area contributed by atoms with E-state index in [0.717, 1.165) is 12.1 Å². The molecule has 1 amide bonds. The summed E-state index contributed by atoms with van der Waals surface area (Å²) in [5, 5.41) is 0. The van der Waals surface area contributed by atoms with Gasteiger partial charge in [0.2, 0.25) is 0 Å². The van der Waals surface area contributed by atoms with Crippen LogP contribution in [0.25, 0.3) is 5.57 Å². The molecule has 1 aromatic carbocycles. The van der Waals surface area contributed by atoms with Crippen LogP contribution in [0.5, 0.6) is 0 Å². The van der Waals surface area contributed by atoms with Gasteiger partial charge in [0, 0.05) is 29.5 Å². The molecule has 2 rings (SSSR count). The number of benzene rings is 1. The number of amides is 1. The first kappa shape index (κ1) is 8.74. The molecule has 1 aliphatic heterocycles. The third-order valence-electron chi connectivity index (χ3n) is 1.85. The zero-order valence-corrected chi connectivity index (χ0v) is 7.00. The average molecular weight is 193 g/mol. The van der Waals surface area contributed by atoms with Crippen molar-refractivity contribution in [3.63, 3.8) is 0 Å². The summed E-state index contributed by atoms with van der Waals surface area (Å²) >= 11 is 0. The number of nitrogens with zero attached hydrogens (tertiary/aromatic N) is 1. The van der Waals surface area contributed by atoms with E-state index in [0.29, 0.717) is 5.57 Å². The maximum absolute atomic E-state index is 13.2. The van der Waals surface area contributed by atoms with E-state index in [1.54, 1.807) is 0 Å². The molecule has 0 aliphatic carbocycles. The monoisotopic (exact) mass is 193 g/mol. The van der Waals surface area contributed by atoms with Crippen LogP contribution in [0.2, 0.25) is 0 Å². The zero-order chi connectivity index (χ0) is 10.1. The fraction of sp³-hybridized carbons (Fsp3) is 0. The van der Waals surface area contributed by atoms with E-state index >= 15 is 0 Å². The fourth-order valence-corrected chi connectivity index (χ4v) is 1.21. The van der Waals surface area contributed by atoms with Crippen molar-refractivity contribution in [1.82, 2.24) is 0 Å². The Morgan fingerprint density at radius 2 is 2.00 bits per heavy atom. The van der Waals surface area contributed by atoms with E-state index in [1.165, 1.54) is 18.4 Å². The molecule has 0 saturated heterocycles. The lowest BCUT2D eigenvalue weighted by Crippen LogP contribution is -1.90. The smallest absolute Gasteiger partial charge is 0.267 e. The molecule has 1 heterocycles. The maximum Gasteiger partial charge on any atom is 0.270 e. The summed E-state index contributed by atoms with van der Waals surface area (Å²) < 4.78 is 25.7. The number of halogens is 2. The molecular weight excluding hydrogens is 188 g/mol. The Labute approximate surface area is 78.6 Å². The molecule has 0 aromatic heterocycles. The van der Waals surface area contributed by atoms with Crippen molar-refractivity contribution in [2.75, 3.05) is 0 Å². The standard InChI is InChI=1S/C10H5F2NO/c11-7-1-2-8(9(12)4-7)6-3-10(14)13-5-6/h1-5H. The molecule has 14 heavy (non-hydrogen) atoms. The van der Waals surface area contributed by atoms with Gasteiger partial charge in [0.05, 0.1) is 0 Å². The van der Waals surface area contributed by atoms with Crippen LogP contribution in [-0.2, 0) is 4.79 Å². The van der Waals surface area contributed by atoms with Crippen molar-refractivity contribution in [3.8, 4) is 0 Å². The van der Waals surface area contributed by atoms with Crippen LogP contribution < -0.4 is 0 Å². The molecule has 0 spiro atoms. The summed E-state index contributed by atoms with van der Waals surface area (Å²) in [6.45, 7) is 0. The van der Waals surface area contributed by atoms with Crippen LogP contribution in [-0.4, -0.2) is 12.1 Å². The van der Waals surface area contributed by atoms with Gasteiger partial charge >= 0.3 is 0 Å². The number of rotatable bonds is 1. The van der Waals surface area contributed by atoms with Gasteiger partial charge in [-0.1, -0.05) is 0 Å². The Balaban J connectivity index is 2.48. The Hall–Kier alpha value is -1.84. The first-order chi connectivity index (χ1) is 6.66. The molecular formula is C10H5F2NO. The number of carbonyl (C=O) groups excluding carboxylic acids is 1. The average Bonchev–Trinajstić information content (AvgIpc) is 2.51. The van der Waals surface area contributed by atoms with E-state index in [9.17, 15) is 13.6 Å². The van der Waals surface area contributed by atoms with Gasteiger partial charge in [0.15, 0.2) is 0 Å². The largest absolute Gasteiger partial charge is 0.270 e.